The minimum Gasteiger partial charge on any atom is -0.462 e. The Bertz CT molecular complexity index is 1080. The lowest BCUT2D eigenvalue weighted by molar-refractivity contribution is -0.704. The predicted octanol–water partition coefficient (Wildman–Crippen LogP) is 3.32. The fourth-order valence-electron chi connectivity index (χ4n) is 2.66. The van der Waals surface area contributed by atoms with E-state index < -0.39 is 10.9 Å². The van der Waals surface area contributed by atoms with Crippen LogP contribution in [0.4, 0.5) is 5.69 Å². The van der Waals surface area contributed by atoms with Crippen LogP contribution in [0.3, 0.4) is 0 Å². The number of benzene rings is 2. The van der Waals surface area contributed by atoms with E-state index in [1.165, 1.54) is 4.68 Å². The van der Waals surface area contributed by atoms with Crippen LogP contribution in [0.15, 0.2) is 68.9 Å². The van der Waals surface area contributed by atoms with Crippen molar-refractivity contribution >= 4 is 29.3 Å². The van der Waals surface area contributed by atoms with Crippen molar-refractivity contribution in [1.29, 1.82) is 0 Å². The first kappa shape index (κ1) is 22.4. The number of aromatic nitrogens is 2. The van der Waals surface area contributed by atoms with Gasteiger partial charge in [-0.15, -0.1) is 0 Å². The molecule has 2 N–H and O–H groups in total. The number of unbranched alkanes of at least 4 members (excludes halogenated alkanes) is 1. The summed E-state index contributed by atoms with van der Waals surface area (Å²) in [6.45, 7) is 4.11. The molecule has 1 aromatic heterocycles. The van der Waals surface area contributed by atoms with E-state index in [0.717, 1.165) is 24.6 Å². The minimum absolute atomic E-state index is 0.263. The van der Waals surface area contributed by atoms with Gasteiger partial charge in [-0.2, -0.15) is 0 Å². The molecule has 1 unspecified atom stereocenters. The number of rotatable bonds is 9. The fraction of sp³-hybridized carbons (Fsp3) is 0.273. The van der Waals surface area contributed by atoms with E-state index in [1.807, 2.05) is 37.3 Å². The molecule has 0 saturated heterocycles. The van der Waals surface area contributed by atoms with Crippen molar-refractivity contribution in [2.24, 2.45) is 0 Å². The van der Waals surface area contributed by atoms with Gasteiger partial charge < -0.3 is 10.1 Å². The van der Waals surface area contributed by atoms with Gasteiger partial charge in [0.15, 0.2) is 0 Å². The first-order valence-electron chi connectivity index (χ1n) is 9.93. The first-order chi connectivity index (χ1) is 15.0. The van der Waals surface area contributed by atoms with Crippen LogP contribution in [0.2, 0.25) is 0 Å². The van der Waals surface area contributed by atoms with E-state index in [-0.39, 0.29) is 16.9 Å². The Hall–Kier alpha value is -3.33. The summed E-state index contributed by atoms with van der Waals surface area (Å²) < 4.78 is 11.6. The molecule has 1 heterocycles. The maximum absolute atomic E-state index is 12.6. The number of para-hydroxylation sites is 1. The summed E-state index contributed by atoms with van der Waals surface area (Å²) >= 11 is 1.08. The second-order valence-corrected chi connectivity index (χ2v) is 8.10. The van der Waals surface area contributed by atoms with Gasteiger partial charge in [-0.3, -0.25) is 9.32 Å². The SMILES string of the molecule is CCCCOC(=O)c1ccc(NC(=O)C(C)Sc2c(=O)o[nH][n+]2-c2ccccc2)cc1. The number of carbonyl (C=O) groups is 2. The molecule has 0 aliphatic carbocycles. The second kappa shape index (κ2) is 10.6. The second-order valence-electron chi connectivity index (χ2n) is 6.77. The van der Waals surface area contributed by atoms with Crippen LogP contribution in [0.5, 0.6) is 0 Å². The highest BCUT2D eigenvalue weighted by Crippen LogP contribution is 2.20. The average molecular weight is 443 g/mol. The number of thioether (sulfide) groups is 1. The van der Waals surface area contributed by atoms with Crippen LogP contribution >= 0.6 is 11.8 Å². The van der Waals surface area contributed by atoms with E-state index in [2.05, 4.69) is 10.6 Å². The van der Waals surface area contributed by atoms with Crippen molar-refractivity contribution in [3.05, 3.63) is 70.6 Å². The summed E-state index contributed by atoms with van der Waals surface area (Å²) in [7, 11) is 0. The van der Waals surface area contributed by atoms with Gasteiger partial charge in [0, 0.05) is 17.8 Å². The molecule has 0 radical (unpaired) electrons. The van der Waals surface area contributed by atoms with Gasteiger partial charge >= 0.3 is 16.6 Å². The summed E-state index contributed by atoms with van der Waals surface area (Å²) in [5.41, 5.74) is 1.12. The maximum Gasteiger partial charge on any atom is 0.442 e. The van der Waals surface area contributed by atoms with Crippen molar-refractivity contribution < 1.29 is 23.5 Å². The molecule has 0 aliphatic rings. The third-order valence-corrected chi connectivity index (χ3v) is 5.54. The molecule has 0 fully saturated rings. The minimum atomic E-state index is -0.577. The molecule has 0 bridgehead atoms. The molecule has 3 aromatic rings. The molecular formula is C22H24N3O5S+. The van der Waals surface area contributed by atoms with Crippen LogP contribution in [0.1, 0.15) is 37.0 Å². The third kappa shape index (κ3) is 5.85. The number of amides is 1. The molecule has 162 valence electrons. The number of esters is 1. The van der Waals surface area contributed by atoms with E-state index >= 15 is 0 Å². The van der Waals surface area contributed by atoms with Crippen LogP contribution in [0.25, 0.3) is 5.69 Å². The maximum atomic E-state index is 12.6. The number of ether oxygens (including phenoxy) is 1. The van der Waals surface area contributed by atoms with Crippen molar-refractivity contribution in [3.8, 4) is 5.69 Å². The normalized spacial score (nSPS) is 11.7. The Morgan fingerprint density at radius 3 is 2.55 bits per heavy atom. The monoisotopic (exact) mass is 442 g/mol. The zero-order valence-electron chi connectivity index (χ0n) is 17.3. The highest BCUT2D eigenvalue weighted by atomic mass is 32.2. The average Bonchev–Trinajstić information content (AvgIpc) is 3.15. The summed E-state index contributed by atoms with van der Waals surface area (Å²) in [5, 5.41) is 5.03. The number of H-pyrrole nitrogens is 1. The van der Waals surface area contributed by atoms with Crippen molar-refractivity contribution in [2.45, 2.75) is 37.0 Å². The first-order valence-corrected chi connectivity index (χ1v) is 10.8. The molecular weight excluding hydrogens is 418 g/mol. The molecule has 3 rings (SSSR count). The molecule has 2 aromatic carbocycles. The summed E-state index contributed by atoms with van der Waals surface area (Å²) in [4.78, 5) is 36.7. The molecule has 1 amide bonds. The Kier molecular flexibility index (Phi) is 7.66. The quantitative estimate of drug-likeness (QED) is 0.228. The summed E-state index contributed by atoms with van der Waals surface area (Å²) in [5.74, 6) is -0.677. The topological polar surface area (TPSA) is 105 Å². The molecule has 9 heteroatoms. The molecule has 0 saturated carbocycles. The highest BCUT2D eigenvalue weighted by Gasteiger charge is 2.28. The van der Waals surface area contributed by atoms with Crippen LogP contribution < -0.4 is 15.6 Å². The Morgan fingerprint density at radius 2 is 1.87 bits per heavy atom. The standard InChI is InChI=1S/C22H23N3O5S/c1-3-4-14-29-21(27)16-10-12-17(13-11-16)23-19(26)15(2)31-20-22(28)30-24-25(20)18-8-6-5-7-9-18/h5-13,15H,3-4,14H2,1-2H3,(H-,23,24,26,27,28)/p+1. The van der Waals surface area contributed by atoms with E-state index in [0.29, 0.717) is 23.5 Å². The summed E-state index contributed by atoms with van der Waals surface area (Å²) in [6.07, 6.45) is 1.77. The Labute approximate surface area is 183 Å². The van der Waals surface area contributed by atoms with E-state index in [9.17, 15) is 14.4 Å². The number of hydrogen-bond acceptors (Lipinski definition) is 6. The zero-order valence-corrected chi connectivity index (χ0v) is 18.1. The van der Waals surface area contributed by atoms with Crippen molar-refractivity contribution in [3.63, 3.8) is 0 Å². The third-order valence-electron chi connectivity index (χ3n) is 4.40. The lowest BCUT2D eigenvalue weighted by Gasteiger charge is -2.10. The molecule has 0 aliphatic heterocycles. The Morgan fingerprint density at radius 1 is 1.16 bits per heavy atom. The number of carbonyl (C=O) groups excluding carboxylic acids is 2. The molecule has 31 heavy (non-hydrogen) atoms. The smallest absolute Gasteiger partial charge is 0.442 e. The van der Waals surface area contributed by atoms with Gasteiger partial charge in [-0.1, -0.05) is 31.5 Å². The fourth-order valence-corrected chi connectivity index (χ4v) is 3.55. The molecule has 0 spiro atoms. The summed E-state index contributed by atoms with van der Waals surface area (Å²) in [6, 6.07) is 15.6. The largest absolute Gasteiger partial charge is 0.462 e. The van der Waals surface area contributed by atoms with Gasteiger partial charge in [0.2, 0.25) is 11.6 Å². The van der Waals surface area contributed by atoms with Gasteiger partial charge in [0.05, 0.1) is 17.4 Å². The highest BCUT2D eigenvalue weighted by molar-refractivity contribution is 8.00. The number of nitrogens with one attached hydrogen (secondary N) is 2. The van der Waals surface area contributed by atoms with Gasteiger partial charge in [-0.25, -0.2) is 9.59 Å². The lowest BCUT2D eigenvalue weighted by Crippen LogP contribution is -2.37. The number of nitrogens with zero attached hydrogens (tertiary/aromatic N) is 1. The van der Waals surface area contributed by atoms with Crippen LogP contribution in [0, 0.1) is 0 Å². The number of anilines is 1. The number of aromatic amines is 1. The number of hydrogen-bond donors (Lipinski definition) is 2. The van der Waals surface area contributed by atoms with E-state index in [1.54, 1.807) is 31.2 Å². The van der Waals surface area contributed by atoms with Gasteiger partial charge in [0.25, 0.3) is 0 Å². The van der Waals surface area contributed by atoms with Crippen LogP contribution in [-0.4, -0.2) is 29.0 Å². The lowest BCUT2D eigenvalue weighted by atomic mass is 10.2. The van der Waals surface area contributed by atoms with Crippen LogP contribution in [-0.2, 0) is 9.53 Å². The molecule has 8 nitrogen and oxygen atoms in total. The van der Waals surface area contributed by atoms with Crippen molar-refractivity contribution in [1.82, 2.24) is 5.27 Å². The van der Waals surface area contributed by atoms with E-state index in [4.69, 9.17) is 9.26 Å². The van der Waals surface area contributed by atoms with Gasteiger partial charge in [-0.05, 0) is 59.3 Å². The predicted molar refractivity (Wildman–Crippen MR) is 116 cm³/mol. The van der Waals surface area contributed by atoms with Crippen molar-refractivity contribution in [2.75, 3.05) is 11.9 Å². The molecule has 1 atom stereocenters. The zero-order chi connectivity index (χ0) is 22.2. The van der Waals surface area contributed by atoms with Gasteiger partial charge in [0.1, 0.15) is 0 Å². The Balaban J connectivity index is 1.62.